The summed E-state index contributed by atoms with van der Waals surface area (Å²) in [6.45, 7) is 10.7. The summed E-state index contributed by atoms with van der Waals surface area (Å²) < 4.78 is 5.53. The van der Waals surface area contributed by atoms with Crippen molar-refractivity contribution in [1.29, 1.82) is 0 Å². The number of piperidine rings is 1. The van der Waals surface area contributed by atoms with Crippen LogP contribution in [-0.2, 0) is 9.53 Å². The molecule has 0 aromatic carbocycles. The van der Waals surface area contributed by atoms with Gasteiger partial charge in [0, 0.05) is 25.2 Å². The fraction of sp³-hybridized carbons (Fsp3) is 0.895. The minimum absolute atomic E-state index is 0.0749. The molecule has 6 nitrogen and oxygen atoms in total. The molecular formula is C19H35N3O3. The average molecular weight is 354 g/mol. The average Bonchev–Trinajstić information content (AvgIpc) is 3.34. The third kappa shape index (κ3) is 5.09. The number of amides is 2. The Hall–Kier alpha value is -1.30. The Kier molecular flexibility index (Phi) is 6.02. The van der Waals surface area contributed by atoms with Gasteiger partial charge in [-0.15, -0.1) is 0 Å². The van der Waals surface area contributed by atoms with Gasteiger partial charge in [-0.05, 0) is 73.8 Å². The fourth-order valence-electron chi connectivity index (χ4n) is 3.38. The van der Waals surface area contributed by atoms with Crippen molar-refractivity contribution in [1.82, 2.24) is 15.1 Å². The van der Waals surface area contributed by atoms with Gasteiger partial charge in [0.25, 0.3) is 0 Å². The second-order valence-electron chi connectivity index (χ2n) is 8.82. The molecule has 2 aliphatic rings. The molecule has 2 rings (SSSR count). The summed E-state index contributed by atoms with van der Waals surface area (Å²) in [6, 6.07) is 0.953. The zero-order chi connectivity index (χ0) is 18.8. The Bertz CT molecular complexity index is 499. The van der Waals surface area contributed by atoms with Gasteiger partial charge >= 0.3 is 6.09 Å². The summed E-state index contributed by atoms with van der Waals surface area (Å²) in [7, 11) is 2.11. The van der Waals surface area contributed by atoms with Crippen molar-refractivity contribution in [2.24, 2.45) is 0 Å². The van der Waals surface area contributed by atoms with E-state index in [1.54, 1.807) is 4.90 Å². The van der Waals surface area contributed by atoms with Gasteiger partial charge in [0.2, 0.25) is 5.91 Å². The second-order valence-corrected chi connectivity index (χ2v) is 8.82. The van der Waals surface area contributed by atoms with Crippen LogP contribution in [0.1, 0.15) is 66.7 Å². The van der Waals surface area contributed by atoms with Crippen LogP contribution < -0.4 is 5.32 Å². The summed E-state index contributed by atoms with van der Waals surface area (Å²) in [5.74, 6) is -0.0749. The molecule has 1 saturated heterocycles. The summed E-state index contributed by atoms with van der Waals surface area (Å²) in [4.78, 5) is 29.5. The molecule has 2 atom stereocenters. The first-order valence-electron chi connectivity index (χ1n) is 9.55. The Balaban J connectivity index is 1.99. The predicted molar refractivity (Wildman–Crippen MR) is 98.5 cm³/mol. The Labute approximate surface area is 152 Å². The maximum atomic E-state index is 12.9. The molecule has 25 heavy (non-hydrogen) atoms. The molecule has 1 saturated carbocycles. The van der Waals surface area contributed by atoms with Gasteiger partial charge in [0.05, 0.1) is 0 Å². The number of rotatable bonds is 5. The quantitative estimate of drug-likeness (QED) is 0.825. The summed E-state index contributed by atoms with van der Waals surface area (Å²) in [6.07, 6.45) is 4.62. The van der Waals surface area contributed by atoms with E-state index in [9.17, 15) is 9.59 Å². The van der Waals surface area contributed by atoms with E-state index in [0.717, 1.165) is 12.8 Å². The van der Waals surface area contributed by atoms with Gasteiger partial charge in [-0.25, -0.2) is 4.79 Å². The van der Waals surface area contributed by atoms with Crippen LogP contribution in [-0.4, -0.2) is 65.2 Å². The highest BCUT2D eigenvalue weighted by Crippen LogP contribution is 2.30. The maximum absolute atomic E-state index is 12.9. The van der Waals surface area contributed by atoms with Crippen molar-refractivity contribution in [3.63, 3.8) is 0 Å². The Morgan fingerprint density at radius 3 is 2.52 bits per heavy atom. The van der Waals surface area contributed by atoms with Crippen molar-refractivity contribution in [3.8, 4) is 0 Å². The Morgan fingerprint density at radius 1 is 1.32 bits per heavy atom. The van der Waals surface area contributed by atoms with Gasteiger partial charge in [0.1, 0.15) is 11.1 Å². The molecule has 1 heterocycles. The van der Waals surface area contributed by atoms with E-state index in [-0.39, 0.29) is 5.91 Å². The largest absolute Gasteiger partial charge is 0.444 e. The third-order valence-corrected chi connectivity index (χ3v) is 5.37. The van der Waals surface area contributed by atoms with E-state index in [0.29, 0.717) is 31.6 Å². The van der Waals surface area contributed by atoms with Crippen molar-refractivity contribution in [2.45, 2.75) is 89.9 Å². The van der Waals surface area contributed by atoms with Crippen LogP contribution in [0.2, 0.25) is 0 Å². The van der Waals surface area contributed by atoms with Gasteiger partial charge in [-0.1, -0.05) is 0 Å². The van der Waals surface area contributed by atoms with E-state index in [1.165, 1.54) is 12.8 Å². The molecule has 1 aliphatic heterocycles. The lowest BCUT2D eigenvalue weighted by atomic mass is 9.87. The van der Waals surface area contributed by atoms with Crippen LogP contribution in [0, 0.1) is 0 Å². The van der Waals surface area contributed by atoms with Crippen LogP contribution in [0.3, 0.4) is 0 Å². The number of nitrogens with zero attached hydrogens (tertiary/aromatic N) is 2. The molecule has 0 aromatic heterocycles. The number of hydrogen-bond donors (Lipinski definition) is 1. The van der Waals surface area contributed by atoms with E-state index < -0.39 is 17.2 Å². The Morgan fingerprint density at radius 2 is 1.96 bits per heavy atom. The SMILES string of the molecule is C[C@@H](CNC(=O)[C@]1(C)CCCCN1C(=O)OC(C)(C)C)N(C)C1CC1. The van der Waals surface area contributed by atoms with Crippen LogP contribution in [0.4, 0.5) is 4.79 Å². The minimum Gasteiger partial charge on any atom is -0.444 e. The van der Waals surface area contributed by atoms with E-state index in [4.69, 9.17) is 4.74 Å². The van der Waals surface area contributed by atoms with Gasteiger partial charge in [-0.2, -0.15) is 0 Å². The number of hydrogen-bond acceptors (Lipinski definition) is 4. The topological polar surface area (TPSA) is 61.9 Å². The summed E-state index contributed by atoms with van der Waals surface area (Å²) in [5, 5.41) is 3.07. The highest BCUT2D eigenvalue weighted by Gasteiger charge is 2.45. The van der Waals surface area contributed by atoms with Crippen LogP contribution in [0.5, 0.6) is 0 Å². The standard InChI is InChI=1S/C19H35N3O3/c1-14(21(6)15-9-10-15)13-20-16(23)19(5)11-7-8-12-22(19)17(24)25-18(2,3)4/h14-15H,7-13H2,1-6H3,(H,20,23)/t14-,19-/m0/s1. The van der Waals surface area contributed by atoms with Crippen LogP contribution in [0.15, 0.2) is 0 Å². The first-order chi connectivity index (χ1) is 11.5. The maximum Gasteiger partial charge on any atom is 0.411 e. The van der Waals surface area contributed by atoms with Crippen molar-refractivity contribution < 1.29 is 14.3 Å². The number of likely N-dealkylation sites (tertiary alicyclic amines) is 1. The molecule has 1 N–H and O–H groups in total. The molecular weight excluding hydrogens is 318 g/mol. The van der Waals surface area contributed by atoms with E-state index in [1.807, 2.05) is 27.7 Å². The van der Waals surface area contributed by atoms with Crippen LogP contribution in [0.25, 0.3) is 0 Å². The molecule has 6 heteroatoms. The van der Waals surface area contributed by atoms with Crippen molar-refractivity contribution in [2.75, 3.05) is 20.1 Å². The van der Waals surface area contributed by atoms with Crippen molar-refractivity contribution in [3.05, 3.63) is 0 Å². The zero-order valence-electron chi connectivity index (χ0n) is 16.7. The number of carbonyl (C=O) groups excluding carboxylic acids is 2. The molecule has 0 radical (unpaired) electrons. The molecule has 0 unspecified atom stereocenters. The third-order valence-electron chi connectivity index (χ3n) is 5.37. The van der Waals surface area contributed by atoms with E-state index in [2.05, 4.69) is 24.2 Å². The highest BCUT2D eigenvalue weighted by molar-refractivity contribution is 5.89. The molecule has 2 amide bonds. The van der Waals surface area contributed by atoms with Gasteiger partial charge in [0.15, 0.2) is 0 Å². The molecule has 0 spiro atoms. The number of nitrogens with one attached hydrogen (secondary N) is 1. The summed E-state index contributed by atoms with van der Waals surface area (Å²) in [5.41, 5.74) is -1.40. The molecule has 144 valence electrons. The van der Waals surface area contributed by atoms with Crippen LogP contribution >= 0.6 is 0 Å². The molecule has 1 aliphatic carbocycles. The number of carbonyl (C=O) groups is 2. The van der Waals surface area contributed by atoms with Crippen molar-refractivity contribution >= 4 is 12.0 Å². The first kappa shape index (κ1) is 20.0. The highest BCUT2D eigenvalue weighted by atomic mass is 16.6. The first-order valence-corrected chi connectivity index (χ1v) is 9.55. The lowest BCUT2D eigenvalue weighted by molar-refractivity contribution is -0.134. The number of likely N-dealkylation sites (N-methyl/N-ethyl adjacent to an activating group) is 1. The number of ether oxygens (including phenoxy) is 1. The second kappa shape index (κ2) is 7.52. The normalized spacial score (nSPS) is 25.6. The lowest BCUT2D eigenvalue weighted by Crippen LogP contribution is -2.62. The lowest BCUT2D eigenvalue weighted by Gasteiger charge is -2.43. The fourth-order valence-corrected chi connectivity index (χ4v) is 3.38. The zero-order valence-corrected chi connectivity index (χ0v) is 16.7. The predicted octanol–water partition coefficient (Wildman–Crippen LogP) is 2.76. The smallest absolute Gasteiger partial charge is 0.411 e. The summed E-state index contributed by atoms with van der Waals surface area (Å²) >= 11 is 0. The van der Waals surface area contributed by atoms with Gasteiger partial charge in [-0.3, -0.25) is 14.6 Å². The molecule has 0 aromatic rings. The molecule has 0 bridgehead atoms. The monoisotopic (exact) mass is 353 g/mol. The molecule has 2 fully saturated rings. The van der Waals surface area contributed by atoms with Gasteiger partial charge < -0.3 is 10.1 Å². The van der Waals surface area contributed by atoms with E-state index >= 15 is 0 Å². The minimum atomic E-state index is -0.835.